The summed E-state index contributed by atoms with van der Waals surface area (Å²) >= 11 is 0. The maximum atomic E-state index is 5.45. The first-order valence-corrected chi connectivity index (χ1v) is 7.08. The van der Waals surface area contributed by atoms with E-state index in [0.29, 0.717) is 30.7 Å². The molecule has 0 unspecified atom stereocenters. The van der Waals surface area contributed by atoms with Crippen molar-refractivity contribution in [2.24, 2.45) is 0 Å². The highest BCUT2D eigenvalue weighted by atomic mass is 16.6. The highest BCUT2D eigenvalue weighted by Gasteiger charge is 2.19. The summed E-state index contributed by atoms with van der Waals surface area (Å²) in [5.74, 6) is 1.63. The third-order valence-electron chi connectivity index (χ3n) is 3.43. The average Bonchev–Trinajstić information content (AvgIpc) is 3.11. The molecule has 1 aromatic carbocycles. The maximum Gasteiger partial charge on any atom is 0.296 e. The molecule has 0 saturated carbocycles. The van der Waals surface area contributed by atoms with Crippen molar-refractivity contribution in [1.82, 2.24) is 15.1 Å². The van der Waals surface area contributed by atoms with Crippen LogP contribution in [0.5, 0.6) is 5.88 Å². The molecule has 3 aromatic rings. The van der Waals surface area contributed by atoms with E-state index in [1.807, 2.05) is 24.3 Å². The molecular formula is C16H13N3O4. The predicted molar refractivity (Wildman–Crippen MR) is 81.5 cm³/mol. The van der Waals surface area contributed by atoms with Crippen molar-refractivity contribution >= 4 is 16.7 Å². The zero-order chi connectivity index (χ0) is 15.6. The molecule has 0 fully saturated rings. The molecule has 0 spiro atoms. The van der Waals surface area contributed by atoms with E-state index in [0.717, 1.165) is 16.5 Å². The second-order valence-corrected chi connectivity index (χ2v) is 4.85. The molecule has 23 heavy (non-hydrogen) atoms. The van der Waals surface area contributed by atoms with Gasteiger partial charge in [0.05, 0.1) is 12.6 Å². The fourth-order valence-electron chi connectivity index (χ4n) is 2.35. The van der Waals surface area contributed by atoms with Gasteiger partial charge in [0.2, 0.25) is 17.5 Å². The van der Waals surface area contributed by atoms with Gasteiger partial charge in [-0.25, -0.2) is 4.98 Å². The Labute approximate surface area is 131 Å². The largest absolute Gasteiger partial charge is 0.494 e. The Bertz CT molecular complexity index is 888. The van der Waals surface area contributed by atoms with Crippen molar-refractivity contribution in [2.45, 2.75) is 0 Å². The van der Waals surface area contributed by atoms with Crippen molar-refractivity contribution in [3.05, 3.63) is 42.5 Å². The molecule has 7 heteroatoms. The monoisotopic (exact) mass is 311 g/mol. The maximum absolute atomic E-state index is 5.45. The summed E-state index contributed by atoms with van der Waals surface area (Å²) < 4.78 is 21.2. The molecule has 0 N–H and O–H groups in total. The Kier molecular flexibility index (Phi) is 3.30. The lowest BCUT2D eigenvalue weighted by Gasteiger charge is -2.11. The van der Waals surface area contributed by atoms with Crippen LogP contribution in [0.3, 0.4) is 0 Å². The van der Waals surface area contributed by atoms with Crippen LogP contribution in [0, 0.1) is 0 Å². The number of rotatable bonds is 3. The normalized spacial score (nSPS) is 14.0. The van der Waals surface area contributed by atoms with Gasteiger partial charge in [-0.3, -0.25) is 0 Å². The standard InChI is InChI=1S/C16H13N3O4/c1-20-14-8-11(10-4-2-3-5-12(10)17-14)15-18-16(23-19-15)13-9-21-6-7-22-13/h2-5,8-9H,6-7H2,1H3. The number of pyridine rings is 1. The number of para-hydroxylation sites is 1. The number of fused-ring (bicyclic) bond motifs is 1. The molecule has 2 aromatic heterocycles. The minimum Gasteiger partial charge on any atom is -0.494 e. The smallest absolute Gasteiger partial charge is 0.296 e. The van der Waals surface area contributed by atoms with Crippen molar-refractivity contribution in [3.63, 3.8) is 0 Å². The van der Waals surface area contributed by atoms with Gasteiger partial charge in [0.25, 0.3) is 5.89 Å². The zero-order valence-electron chi connectivity index (χ0n) is 12.4. The van der Waals surface area contributed by atoms with E-state index in [1.165, 1.54) is 6.26 Å². The molecule has 0 amide bonds. The van der Waals surface area contributed by atoms with Crippen LogP contribution >= 0.6 is 0 Å². The molecule has 4 rings (SSSR count). The summed E-state index contributed by atoms with van der Waals surface area (Å²) in [6, 6.07) is 9.49. The lowest BCUT2D eigenvalue weighted by atomic mass is 10.1. The molecule has 1 aliphatic heterocycles. The predicted octanol–water partition coefficient (Wildman–Crippen LogP) is 2.64. The SMILES string of the molecule is COc1cc(-c2noc(C3=COCCO3)n2)c2ccccc2n1. The first-order valence-electron chi connectivity index (χ1n) is 7.08. The van der Waals surface area contributed by atoms with Crippen LogP contribution in [-0.2, 0) is 9.47 Å². The second kappa shape index (κ2) is 5.60. The number of hydrogen-bond donors (Lipinski definition) is 0. The van der Waals surface area contributed by atoms with Gasteiger partial charge in [0.15, 0.2) is 0 Å². The molecule has 0 radical (unpaired) electrons. The van der Waals surface area contributed by atoms with E-state index in [4.69, 9.17) is 18.7 Å². The Hall–Kier alpha value is -3.09. The Morgan fingerprint density at radius 2 is 2.04 bits per heavy atom. The van der Waals surface area contributed by atoms with E-state index in [2.05, 4.69) is 15.1 Å². The van der Waals surface area contributed by atoms with Crippen LogP contribution in [0.15, 0.2) is 41.1 Å². The lowest BCUT2D eigenvalue weighted by Crippen LogP contribution is -2.07. The number of aromatic nitrogens is 3. The average molecular weight is 311 g/mol. The minimum absolute atomic E-state index is 0.277. The summed E-state index contributed by atoms with van der Waals surface area (Å²) in [7, 11) is 1.57. The van der Waals surface area contributed by atoms with Crippen LogP contribution in [0.4, 0.5) is 0 Å². The molecule has 0 saturated heterocycles. The fourth-order valence-corrected chi connectivity index (χ4v) is 2.35. The van der Waals surface area contributed by atoms with Crippen LogP contribution in [-0.4, -0.2) is 35.4 Å². The van der Waals surface area contributed by atoms with Crippen molar-refractivity contribution in [1.29, 1.82) is 0 Å². The number of benzene rings is 1. The highest BCUT2D eigenvalue weighted by Crippen LogP contribution is 2.30. The van der Waals surface area contributed by atoms with Gasteiger partial charge in [0.1, 0.15) is 19.5 Å². The quantitative estimate of drug-likeness (QED) is 0.735. The first kappa shape index (κ1) is 13.6. The summed E-state index contributed by atoms with van der Waals surface area (Å²) in [6.07, 6.45) is 1.48. The highest BCUT2D eigenvalue weighted by molar-refractivity contribution is 5.93. The molecular weight excluding hydrogens is 298 g/mol. The summed E-state index contributed by atoms with van der Waals surface area (Å²) in [4.78, 5) is 8.81. The molecule has 0 aliphatic carbocycles. The number of nitrogens with zero attached hydrogens (tertiary/aromatic N) is 3. The van der Waals surface area contributed by atoms with E-state index < -0.39 is 0 Å². The van der Waals surface area contributed by atoms with Gasteiger partial charge in [-0.15, -0.1) is 0 Å². The van der Waals surface area contributed by atoms with E-state index in [9.17, 15) is 0 Å². The van der Waals surface area contributed by atoms with Gasteiger partial charge in [-0.2, -0.15) is 4.98 Å². The fraction of sp³-hybridized carbons (Fsp3) is 0.188. The van der Waals surface area contributed by atoms with Crippen molar-refractivity contribution < 1.29 is 18.7 Å². The van der Waals surface area contributed by atoms with Crippen LogP contribution < -0.4 is 4.74 Å². The van der Waals surface area contributed by atoms with E-state index in [-0.39, 0.29) is 5.89 Å². The number of hydrogen-bond acceptors (Lipinski definition) is 7. The van der Waals surface area contributed by atoms with Gasteiger partial charge >= 0.3 is 0 Å². The summed E-state index contributed by atoms with van der Waals surface area (Å²) in [6.45, 7) is 0.965. The van der Waals surface area contributed by atoms with Crippen molar-refractivity contribution in [2.75, 3.05) is 20.3 Å². The zero-order valence-corrected chi connectivity index (χ0v) is 12.4. The molecule has 116 valence electrons. The van der Waals surface area contributed by atoms with E-state index in [1.54, 1.807) is 13.2 Å². The third kappa shape index (κ3) is 2.46. The Morgan fingerprint density at radius 3 is 2.87 bits per heavy atom. The number of ether oxygens (including phenoxy) is 3. The van der Waals surface area contributed by atoms with Gasteiger partial charge in [-0.1, -0.05) is 23.4 Å². The van der Waals surface area contributed by atoms with Crippen LogP contribution in [0.2, 0.25) is 0 Å². The lowest BCUT2D eigenvalue weighted by molar-refractivity contribution is 0.120. The Balaban J connectivity index is 1.83. The first-order chi connectivity index (χ1) is 11.3. The van der Waals surface area contributed by atoms with Crippen LogP contribution in [0.1, 0.15) is 5.89 Å². The molecule has 3 heterocycles. The second-order valence-electron chi connectivity index (χ2n) is 4.85. The summed E-state index contributed by atoms with van der Waals surface area (Å²) in [5, 5.41) is 4.95. The van der Waals surface area contributed by atoms with Gasteiger partial charge in [-0.05, 0) is 6.07 Å². The Morgan fingerprint density at radius 1 is 1.13 bits per heavy atom. The number of methoxy groups -OCH3 is 1. The molecule has 7 nitrogen and oxygen atoms in total. The molecule has 1 aliphatic rings. The van der Waals surface area contributed by atoms with Crippen molar-refractivity contribution in [3.8, 4) is 17.3 Å². The summed E-state index contributed by atoms with van der Waals surface area (Å²) in [5.41, 5.74) is 1.57. The molecule has 0 atom stereocenters. The topological polar surface area (TPSA) is 79.5 Å². The van der Waals surface area contributed by atoms with Gasteiger partial charge < -0.3 is 18.7 Å². The van der Waals surface area contributed by atoms with Gasteiger partial charge in [0, 0.05) is 17.0 Å². The van der Waals surface area contributed by atoms with Crippen LogP contribution in [0.25, 0.3) is 28.0 Å². The third-order valence-corrected chi connectivity index (χ3v) is 3.43. The van der Waals surface area contributed by atoms with E-state index >= 15 is 0 Å². The molecule has 0 bridgehead atoms. The minimum atomic E-state index is 0.277.